The van der Waals surface area contributed by atoms with Gasteiger partial charge in [0.1, 0.15) is 6.04 Å². The second-order valence-corrected chi connectivity index (χ2v) is 15.1. The molecule has 3 saturated heterocycles. The van der Waals surface area contributed by atoms with E-state index in [1.807, 2.05) is 18.7 Å². The monoisotopic (exact) mass is 562 g/mol. The number of amides is 2. The lowest BCUT2D eigenvalue weighted by Crippen LogP contribution is -2.62. The highest BCUT2D eigenvalue weighted by molar-refractivity contribution is 8.02. The highest BCUT2D eigenvalue weighted by Gasteiger charge is 2.75. The first-order chi connectivity index (χ1) is 18.2. The summed E-state index contributed by atoms with van der Waals surface area (Å²) in [6, 6.07) is -1.27. The zero-order valence-corrected chi connectivity index (χ0v) is 25.9. The summed E-state index contributed by atoms with van der Waals surface area (Å²) >= 11 is 1.64. The van der Waals surface area contributed by atoms with Crippen molar-refractivity contribution in [3.8, 4) is 0 Å². The Morgan fingerprint density at radius 3 is 2.46 bits per heavy atom. The predicted molar refractivity (Wildman–Crippen MR) is 157 cm³/mol. The van der Waals surface area contributed by atoms with Crippen LogP contribution in [0.25, 0.3) is 0 Å². The Hall–Kier alpha value is -1.80. The van der Waals surface area contributed by atoms with Crippen LogP contribution in [0.5, 0.6) is 0 Å². The first kappa shape index (κ1) is 31.7. The number of thioether (sulfide) groups is 1. The number of carbonyl (C=O) groups excluding carboxylic acids is 3. The van der Waals surface area contributed by atoms with Crippen LogP contribution in [0.3, 0.4) is 0 Å². The van der Waals surface area contributed by atoms with Crippen molar-refractivity contribution < 1.29 is 24.2 Å². The van der Waals surface area contributed by atoms with Crippen molar-refractivity contribution in [3.63, 3.8) is 0 Å². The van der Waals surface area contributed by atoms with Crippen LogP contribution in [0.15, 0.2) is 25.3 Å². The van der Waals surface area contributed by atoms with Gasteiger partial charge < -0.3 is 19.6 Å². The molecule has 3 rings (SSSR count). The molecule has 220 valence electrons. The minimum absolute atomic E-state index is 0.0138. The van der Waals surface area contributed by atoms with E-state index < -0.39 is 34.2 Å². The fourth-order valence-corrected chi connectivity index (χ4v) is 9.64. The van der Waals surface area contributed by atoms with Crippen LogP contribution in [0.1, 0.15) is 80.6 Å². The molecule has 7 nitrogen and oxygen atoms in total. The molecule has 3 fully saturated rings. The quantitative estimate of drug-likeness (QED) is 0.197. The Morgan fingerprint density at radius 1 is 1.26 bits per heavy atom. The number of nitrogens with zero attached hydrogens (tertiary/aromatic N) is 2. The first-order valence-corrected chi connectivity index (χ1v) is 15.4. The molecule has 2 unspecified atom stereocenters. The molecule has 8 heteroatoms. The summed E-state index contributed by atoms with van der Waals surface area (Å²) in [6.45, 7) is 22.7. The Labute approximate surface area is 239 Å². The summed E-state index contributed by atoms with van der Waals surface area (Å²) in [7, 11) is 0. The second kappa shape index (κ2) is 12.0. The van der Waals surface area contributed by atoms with Crippen molar-refractivity contribution in [1.82, 2.24) is 9.80 Å². The van der Waals surface area contributed by atoms with Crippen molar-refractivity contribution in [2.75, 3.05) is 19.8 Å². The molecule has 1 spiro atoms. The van der Waals surface area contributed by atoms with Gasteiger partial charge in [-0.2, -0.15) is 0 Å². The summed E-state index contributed by atoms with van der Waals surface area (Å²) in [6.07, 6.45) is 6.95. The summed E-state index contributed by atoms with van der Waals surface area (Å²) in [5.74, 6) is -1.91. The molecule has 3 aliphatic rings. The zero-order chi connectivity index (χ0) is 29.3. The molecule has 2 amide bonds. The van der Waals surface area contributed by atoms with Crippen molar-refractivity contribution in [2.24, 2.45) is 23.2 Å². The summed E-state index contributed by atoms with van der Waals surface area (Å²) in [4.78, 5) is 46.1. The number of likely N-dealkylation sites (tertiary alicyclic amines) is 1. The number of hydrogen-bond acceptors (Lipinski definition) is 6. The third-order valence-corrected chi connectivity index (χ3v) is 10.9. The first-order valence-electron chi connectivity index (χ1n) is 14.5. The number of aliphatic hydroxyl groups excluding tert-OH is 1. The van der Waals surface area contributed by atoms with Crippen LogP contribution in [0.2, 0.25) is 0 Å². The van der Waals surface area contributed by atoms with Gasteiger partial charge in [0, 0.05) is 17.3 Å². The molecule has 0 aliphatic carbocycles. The number of esters is 1. The van der Waals surface area contributed by atoms with E-state index in [1.165, 1.54) is 0 Å². The van der Waals surface area contributed by atoms with E-state index in [4.69, 9.17) is 4.74 Å². The number of hydrogen-bond donors (Lipinski definition) is 1. The summed E-state index contributed by atoms with van der Waals surface area (Å²) < 4.78 is 4.88. The third kappa shape index (κ3) is 5.83. The second-order valence-electron chi connectivity index (χ2n) is 13.5. The van der Waals surface area contributed by atoms with Gasteiger partial charge in [0.15, 0.2) is 0 Å². The molecule has 7 atom stereocenters. The smallest absolute Gasteiger partial charge is 0.310 e. The molecular formula is C31H50N2O5S. The van der Waals surface area contributed by atoms with Gasteiger partial charge in [-0.15, -0.1) is 24.9 Å². The highest BCUT2D eigenvalue weighted by atomic mass is 32.2. The molecule has 0 aromatic rings. The van der Waals surface area contributed by atoms with Gasteiger partial charge in [-0.1, -0.05) is 53.2 Å². The van der Waals surface area contributed by atoms with Crippen LogP contribution >= 0.6 is 11.8 Å². The van der Waals surface area contributed by atoms with Gasteiger partial charge in [0.05, 0.1) is 35.8 Å². The van der Waals surface area contributed by atoms with Crippen molar-refractivity contribution in [3.05, 3.63) is 25.3 Å². The maximum Gasteiger partial charge on any atom is 0.310 e. The van der Waals surface area contributed by atoms with E-state index >= 15 is 0 Å². The fraction of sp³-hybridized carbons (Fsp3) is 0.774. The predicted octanol–water partition coefficient (Wildman–Crippen LogP) is 4.83. The standard InChI is InChI=1S/C31H50N2O5S/c1-10-13-17-38-28(37)23-22-14-15-31(39-22)24(23)26(35)33(21(18-34)20(4)12-3)25(31)27(36)32(16-11-2)30(8,9)19-29(5,6)7/h10-11,20-25,34H,1-2,12-19H2,3-9H3/t20-,21-,22+,23-,24-,25?,31?/m0/s1. The van der Waals surface area contributed by atoms with Gasteiger partial charge >= 0.3 is 5.97 Å². The highest BCUT2D eigenvalue weighted by Crippen LogP contribution is 2.67. The molecule has 0 saturated carbocycles. The minimum Gasteiger partial charge on any atom is -0.465 e. The van der Waals surface area contributed by atoms with Crippen LogP contribution < -0.4 is 0 Å². The van der Waals surface area contributed by atoms with Gasteiger partial charge in [0.25, 0.3) is 0 Å². The molecule has 0 radical (unpaired) electrons. The molecule has 0 aromatic heterocycles. The Balaban J connectivity index is 2.12. The lowest BCUT2D eigenvalue weighted by atomic mass is 9.71. The largest absolute Gasteiger partial charge is 0.465 e. The van der Waals surface area contributed by atoms with Crippen LogP contribution in [0.4, 0.5) is 0 Å². The Bertz CT molecular complexity index is 959. The Kier molecular flexibility index (Phi) is 9.74. The van der Waals surface area contributed by atoms with Crippen LogP contribution in [-0.2, 0) is 19.1 Å². The summed E-state index contributed by atoms with van der Waals surface area (Å²) in [5, 5.41) is 10.5. The van der Waals surface area contributed by atoms with E-state index in [0.29, 0.717) is 19.4 Å². The zero-order valence-electron chi connectivity index (χ0n) is 25.1. The maximum atomic E-state index is 14.8. The van der Waals surface area contributed by atoms with Gasteiger partial charge in [-0.3, -0.25) is 14.4 Å². The van der Waals surface area contributed by atoms with Crippen molar-refractivity contribution >= 4 is 29.5 Å². The Morgan fingerprint density at radius 2 is 1.92 bits per heavy atom. The van der Waals surface area contributed by atoms with Gasteiger partial charge in [-0.25, -0.2) is 0 Å². The SMILES string of the molecule is C=CCCOC(=O)[C@@H]1[C@H]2C(=O)N([C@@H](CO)[C@@H](C)CC)C(C(=O)N(CC=C)C(C)(C)CC(C)(C)C)C23CC[C@H]1S3. The molecule has 39 heavy (non-hydrogen) atoms. The number of fused-ring (bicyclic) bond motifs is 1. The number of rotatable bonds is 13. The molecular weight excluding hydrogens is 512 g/mol. The minimum atomic E-state index is -0.763. The lowest BCUT2D eigenvalue weighted by molar-refractivity contribution is -0.155. The van der Waals surface area contributed by atoms with E-state index in [1.54, 1.807) is 28.8 Å². The maximum absolute atomic E-state index is 14.8. The normalized spacial score (nSPS) is 29.6. The number of aliphatic hydroxyl groups is 1. The fourth-order valence-electron chi connectivity index (χ4n) is 7.45. The topological polar surface area (TPSA) is 87.1 Å². The number of carbonyl (C=O) groups is 3. The molecule has 3 aliphatic heterocycles. The van der Waals surface area contributed by atoms with Crippen molar-refractivity contribution in [2.45, 2.75) is 108 Å². The molecule has 0 aromatic carbocycles. The van der Waals surface area contributed by atoms with E-state index in [9.17, 15) is 19.5 Å². The molecule has 3 heterocycles. The average Bonchev–Trinajstić information content (AvgIpc) is 3.48. The van der Waals surface area contributed by atoms with Crippen LogP contribution in [0, 0.1) is 23.2 Å². The average molecular weight is 563 g/mol. The van der Waals surface area contributed by atoms with E-state index in [2.05, 4.69) is 47.8 Å². The lowest BCUT2D eigenvalue weighted by Gasteiger charge is -2.47. The van der Waals surface area contributed by atoms with Crippen molar-refractivity contribution in [1.29, 1.82) is 0 Å². The van der Waals surface area contributed by atoms with E-state index in [0.717, 1.165) is 19.3 Å². The molecule has 2 bridgehead atoms. The number of ether oxygens (including phenoxy) is 1. The van der Waals surface area contributed by atoms with Gasteiger partial charge in [0.2, 0.25) is 11.8 Å². The van der Waals surface area contributed by atoms with E-state index in [-0.39, 0.29) is 47.6 Å². The third-order valence-electron chi connectivity index (χ3n) is 8.93. The molecule has 1 N–H and O–H groups in total. The van der Waals surface area contributed by atoms with Crippen LogP contribution in [-0.4, -0.2) is 80.1 Å². The summed E-state index contributed by atoms with van der Waals surface area (Å²) in [5.41, 5.74) is -0.525. The van der Waals surface area contributed by atoms with Gasteiger partial charge in [-0.05, 0) is 50.9 Å².